The highest BCUT2D eigenvalue weighted by Crippen LogP contribution is 2.30. The smallest absolute Gasteiger partial charge is 0.220 e. The maximum Gasteiger partial charge on any atom is 0.220 e. The third-order valence-corrected chi connectivity index (χ3v) is 4.35. The average Bonchev–Trinajstić information content (AvgIpc) is 2.24. The van der Waals surface area contributed by atoms with Crippen LogP contribution in [0.4, 0.5) is 0 Å². The van der Waals surface area contributed by atoms with Crippen molar-refractivity contribution in [1.82, 2.24) is 5.32 Å². The Morgan fingerprint density at radius 3 is 2.35 bits per heavy atom. The Bertz CT molecular complexity index is 247. The molecule has 0 aromatic carbocycles. The second-order valence-electron chi connectivity index (χ2n) is 6.50. The minimum atomic E-state index is 0.0888. The minimum Gasteiger partial charge on any atom is -0.356 e. The molecule has 1 rings (SSSR count). The zero-order valence-corrected chi connectivity index (χ0v) is 13.0. The molecule has 0 spiro atoms. The van der Waals surface area contributed by atoms with Crippen LogP contribution in [0.25, 0.3) is 0 Å². The number of amides is 1. The van der Waals surface area contributed by atoms with Gasteiger partial charge in [0.05, 0.1) is 0 Å². The molecule has 0 aliphatic heterocycles. The third kappa shape index (κ3) is 5.89. The van der Waals surface area contributed by atoms with Crippen LogP contribution in [-0.4, -0.2) is 17.8 Å². The monoisotopic (exact) mass is 303 g/mol. The number of carbonyl (C=O) groups is 1. The molecular weight excluding hydrogens is 278 g/mol. The van der Waals surface area contributed by atoms with Gasteiger partial charge in [-0.3, -0.25) is 4.79 Å². The summed E-state index contributed by atoms with van der Waals surface area (Å²) < 4.78 is 0. The Morgan fingerprint density at radius 1 is 1.24 bits per heavy atom. The van der Waals surface area contributed by atoms with E-state index in [0.717, 1.165) is 17.8 Å². The van der Waals surface area contributed by atoms with Crippen LogP contribution in [0.5, 0.6) is 0 Å². The van der Waals surface area contributed by atoms with Gasteiger partial charge in [-0.15, -0.1) is 0 Å². The second-order valence-corrected chi connectivity index (χ2v) is 7.15. The summed E-state index contributed by atoms with van der Waals surface area (Å²) in [6, 6.07) is 0. The Hall–Kier alpha value is -0.0500. The highest BCUT2D eigenvalue weighted by atomic mass is 79.9. The Morgan fingerprint density at radius 2 is 1.82 bits per heavy atom. The van der Waals surface area contributed by atoms with Gasteiger partial charge in [-0.25, -0.2) is 0 Å². The van der Waals surface area contributed by atoms with Crippen LogP contribution < -0.4 is 5.32 Å². The van der Waals surface area contributed by atoms with E-state index in [9.17, 15) is 4.79 Å². The van der Waals surface area contributed by atoms with Gasteiger partial charge in [0.25, 0.3) is 0 Å². The van der Waals surface area contributed by atoms with Crippen LogP contribution in [0.15, 0.2) is 0 Å². The molecule has 0 bridgehead atoms. The molecule has 1 aliphatic rings. The molecule has 2 nitrogen and oxygen atoms in total. The molecule has 0 saturated heterocycles. The quantitative estimate of drug-likeness (QED) is 0.788. The second kappa shape index (κ2) is 6.77. The Labute approximate surface area is 114 Å². The van der Waals surface area contributed by atoms with Gasteiger partial charge in [0.15, 0.2) is 0 Å². The lowest BCUT2D eigenvalue weighted by Crippen LogP contribution is -2.36. The number of nitrogens with one attached hydrogen (secondary N) is 1. The van der Waals surface area contributed by atoms with E-state index < -0.39 is 0 Å². The molecule has 1 amide bonds. The molecule has 0 aromatic heterocycles. The predicted octanol–water partition coefficient (Wildman–Crippen LogP) is 3.74. The molecule has 0 aromatic rings. The normalized spacial score (nSPS) is 25.6. The summed E-state index contributed by atoms with van der Waals surface area (Å²) in [6.45, 7) is 7.18. The molecule has 100 valence electrons. The van der Waals surface area contributed by atoms with Crippen LogP contribution >= 0.6 is 15.9 Å². The lowest BCUT2D eigenvalue weighted by molar-refractivity contribution is -0.123. The lowest BCUT2D eigenvalue weighted by atomic mass is 9.80. The first-order valence-corrected chi connectivity index (χ1v) is 7.87. The first kappa shape index (κ1) is 15.0. The maximum atomic E-state index is 11.8. The third-order valence-electron chi connectivity index (χ3n) is 3.52. The van der Waals surface area contributed by atoms with Crippen LogP contribution in [-0.2, 0) is 4.79 Å². The van der Waals surface area contributed by atoms with Gasteiger partial charge in [-0.05, 0) is 30.1 Å². The van der Waals surface area contributed by atoms with E-state index in [-0.39, 0.29) is 11.3 Å². The summed E-state index contributed by atoms with van der Waals surface area (Å²) in [5.74, 6) is 1.63. The van der Waals surface area contributed by atoms with E-state index in [0.29, 0.717) is 12.3 Å². The van der Waals surface area contributed by atoms with Gasteiger partial charge >= 0.3 is 0 Å². The van der Waals surface area contributed by atoms with Crippen LogP contribution in [0, 0.1) is 17.3 Å². The fourth-order valence-electron chi connectivity index (χ4n) is 2.55. The van der Waals surface area contributed by atoms with E-state index in [2.05, 4.69) is 42.0 Å². The standard InChI is InChI=1S/C14H26BrNO/c1-14(2,3)8-13(17)16-10-12-7-5-4-6-11(12)9-15/h11-12H,4-10H2,1-3H3,(H,16,17). The van der Waals surface area contributed by atoms with Crippen LogP contribution in [0.2, 0.25) is 0 Å². The van der Waals surface area contributed by atoms with Crippen molar-refractivity contribution in [3.63, 3.8) is 0 Å². The first-order valence-electron chi connectivity index (χ1n) is 6.75. The van der Waals surface area contributed by atoms with Crippen LogP contribution in [0.1, 0.15) is 52.9 Å². The van der Waals surface area contributed by atoms with Gasteiger partial charge < -0.3 is 5.32 Å². The highest BCUT2D eigenvalue weighted by molar-refractivity contribution is 9.09. The summed E-state index contributed by atoms with van der Waals surface area (Å²) in [5, 5.41) is 4.19. The topological polar surface area (TPSA) is 29.1 Å². The Balaban J connectivity index is 2.31. The molecular formula is C14H26BrNO. The van der Waals surface area contributed by atoms with Gasteiger partial charge in [0.2, 0.25) is 5.91 Å². The van der Waals surface area contributed by atoms with Crippen molar-refractivity contribution in [2.45, 2.75) is 52.9 Å². The number of carbonyl (C=O) groups excluding carboxylic acids is 1. The van der Waals surface area contributed by atoms with E-state index in [1.165, 1.54) is 25.7 Å². The van der Waals surface area contributed by atoms with Gasteiger partial charge in [0, 0.05) is 18.3 Å². The Kier molecular flexibility index (Phi) is 5.98. The molecule has 2 atom stereocenters. The molecule has 0 radical (unpaired) electrons. The number of halogens is 1. The molecule has 1 fully saturated rings. The predicted molar refractivity (Wildman–Crippen MR) is 76.3 cm³/mol. The average molecular weight is 304 g/mol. The van der Waals surface area contributed by atoms with E-state index in [1.807, 2.05) is 0 Å². The maximum absolute atomic E-state index is 11.8. The molecule has 2 unspecified atom stereocenters. The number of hydrogen-bond donors (Lipinski definition) is 1. The van der Waals surface area contributed by atoms with Crippen molar-refractivity contribution in [1.29, 1.82) is 0 Å². The van der Waals surface area contributed by atoms with Gasteiger partial charge in [-0.1, -0.05) is 49.5 Å². The van der Waals surface area contributed by atoms with Crippen molar-refractivity contribution in [2.24, 2.45) is 17.3 Å². The molecule has 1 N–H and O–H groups in total. The SMILES string of the molecule is CC(C)(C)CC(=O)NCC1CCCCC1CBr. The first-order chi connectivity index (χ1) is 7.92. The van der Waals surface area contributed by atoms with Crippen LogP contribution in [0.3, 0.4) is 0 Å². The van der Waals surface area contributed by atoms with Crippen molar-refractivity contribution in [3.05, 3.63) is 0 Å². The summed E-state index contributed by atoms with van der Waals surface area (Å²) >= 11 is 3.59. The summed E-state index contributed by atoms with van der Waals surface area (Å²) in [4.78, 5) is 11.8. The largest absolute Gasteiger partial charge is 0.356 e. The van der Waals surface area contributed by atoms with Gasteiger partial charge in [-0.2, -0.15) is 0 Å². The zero-order chi connectivity index (χ0) is 12.9. The molecule has 0 heterocycles. The van der Waals surface area contributed by atoms with Gasteiger partial charge in [0.1, 0.15) is 0 Å². The van der Waals surface area contributed by atoms with Crippen molar-refractivity contribution in [3.8, 4) is 0 Å². The van der Waals surface area contributed by atoms with Crippen molar-refractivity contribution in [2.75, 3.05) is 11.9 Å². The minimum absolute atomic E-state index is 0.0888. The molecule has 3 heteroatoms. The van der Waals surface area contributed by atoms with E-state index in [1.54, 1.807) is 0 Å². The van der Waals surface area contributed by atoms with E-state index >= 15 is 0 Å². The fourth-order valence-corrected chi connectivity index (χ4v) is 3.40. The molecule has 1 aliphatic carbocycles. The number of alkyl halides is 1. The number of hydrogen-bond acceptors (Lipinski definition) is 1. The summed E-state index contributed by atoms with van der Waals surface area (Å²) in [7, 11) is 0. The lowest BCUT2D eigenvalue weighted by Gasteiger charge is -2.30. The fraction of sp³-hybridized carbons (Fsp3) is 0.929. The van der Waals surface area contributed by atoms with Crippen molar-refractivity contribution < 1.29 is 4.79 Å². The zero-order valence-electron chi connectivity index (χ0n) is 11.4. The van der Waals surface area contributed by atoms with E-state index in [4.69, 9.17) is 0 Å². The highest BCUT2D eigenvalue weighted by Gasteiger charge is 2.25. The molecule has 17 heavy (non-hydrogen) atoms. The summed E-state index contributed by atoms with van der Waals surface area (Å²) in [6.07, 6.45) is 5.88. The van der Waals surface area contributed by atoms with Crippen molar-refractivity contribution >= 4 is 21.8 Å². The molecule has 1 saturated carbocycles. The summed E-state index contributed by atoms with van der Waals surface area (Å²) in [5.41, 5.74) is 0.0888. The number of rotatable bonds is 4.